The largest absolute Gasteiger partial charge is 0.336 e. The van der Waals surface area contributed by atoms with E-state index in [1.54, 1.807) is 23.5 Å². The number of hydrogen-bond donors (Lipinski definition) is 1. The number of fused-ring (bicyclic) bond motifs is 1. The Morgan fingerprint density at radius 1 is 1.04 bits per heavy atom. The third-order valence-corrected chi connectivity index (χ3v) is 6.96. The zero-order valence-corrected chi connectivity index (χ0v) is 17.2. The maximum absolute atomic E-state index is 13.4. The van der Waals surface area contributed by atoms with E-state index in [-0.39, 0.29) is 11.8 Å². The van der Waals surface area contributed by atoms with Crippen molar-refractivity contribution in [2.45, 2.75) is 32.6 Å². The van der Waals surface area contributed by atoms with Crippen LogP contribution >= 0.6 is 11.3 Å². The van der Waals surface area contributed by atoms with Crippen molar-refractivity contribution in [1.82, 2.24) is 9.80 Å². The van der Waals surface area contributed by atoms with Gasteiger partial charge in [0.25, 0.3) is 11.8 Å². The normalized spacial score (nSPS) is 17.2. The molecule has 2 aliphatic rings. The lowest BCUT2D eigenvalue weighted by Crippen LogP contribution is -2.48. The van der Waals surface area contributed by atoms with Gasteiger partial charge in [0.05, 0.1) is 5.56 Å². The van der Waals surface area contributed by atoms with E-state index in [2.05, 4.69) is 17.1 Å². The summed E-state index contributed by atoms with van der Waals surface area (Å²) >= 11 is 1.59. The number of carbonyl (C=O) groups excluding carboxylic acids is 2. The quantitative estimate of drug-likeness (QED) is 0.857. The maximum Gasteiger partial charge on any atom is 0.257 e. The van der Waals surface area contributed by atoms with Crippen LogP contribution in [0.5, 0.6) is 0 Å². The Balaban J connectivity index is 1.61. The van der Waals surface area contributed by atoms with Gasteiger partial charge in [-0.2, -0.15) is 0 Å². The second-order valence-corrected chi connectivity index (χ2v) is 8.57. The average molecular weight is 398 g/mol. The van der Waals surface area contributed by atoms with Crippen molar-refractivity contribution < 1.29 is 9.59 Å². The molecule has 1 N–H and O–H groups in total. The Morgan fingerprint density at radius 3 is 2.46 bits per heavy atom. The number of aryl methyl sites for hydroxylation is 1. The van der Waals surface area contributed by atoms with Gasteiger partial charge in [0, 0.05) is 36.6 Å². The number of thiophene rings is 1. The summed E-state index contributed by atoms with van der Waals surface area (Å²) in [6.45, 7) is 6.52. The summed E-state index contributed by atoms with van der Waals surface area (Å²) in [5.41, 5.74) is 2.53. The Bertz CT molecular complexity index is 854. The van der Waals surface area contributed by atoms with Crippen molar-refractivity contribution in [1.29, 1.82) is 0 Å². The fraction of sp³-hybridized carbons (Fsp3) is 0.455. The van der Waals surface area contributed by atoms with Gasteiger partial charge in [-0.15, -0.1) is 11.3 Å². The van der Waals surface area contributed by atoms with Gasteiger partial charge >= 0.3 is 0 Å². The summed E-state index contributed by atoms with van der Waals surface area (Å²) in [5, 5.41) is 3.77. The third kappa shape index (κ3) is 3.84. The van der Waals surface area contributed by atoms with Crippen LogP contribution in [0.15, 0.2) is 30.3 Å². The SMILES string of the molecule is CCN1CCN(C(=O)c2c(NC(=O)c3ccccc3)sc3c2CCCC3)CC1. The van der Waals surface area contributed by atoms with Gasteiger partial charge in [0.15, 0.2) is 0 Å². The molecule has 0 radical (unpaired) electrons. The van der Waals surface area contributed by atoms with Gasteiger partial charge in [-0.25, -0.2) is 0 Å². The monoisotopic (exact) mass is 397 g/mol. The van der Waals surface area contributed by atoms with E-state index in [1.165, 1.54) is 10.4 Å². The predicted octanol–water partition coefficient (Wildman–Crippen LogP) is 3.66. The minimum absolute atomic E-state index is 0.0820. The highest BCUT2D eigenvalue weighted by atomic mass is 32.1. The van der Waals surface area contributed by atoms with Crippen LogP contribution < -0.4 is 5.32 Å². The predicted molar refractivity (Wildman–Crippen MR) is 113 cm³/mol. The topological polar surface area (TPSA) is 52.6 Å². The molecule has 1 fully saturated rings. The van der Waals surface area contributed by atoms with Crippen LogP contribution in [0.3, 0.4) is 0 Å². The Morgan fingerprint density at radius 2 is 1.75 bits per heavy atom. The number of benzene rings is 1. The van der Waals surface area contributed by atoms with Crippen LogP contribution in [0.1, 0.15) is 50.9 Å². The molecule has 5 nitrogen and oxygen atoms in total. The molecule has 4 rings (SSSR count). The first-order valence-corrected chi connectivity index (χ1v) is 11.0. The molecule has 0 saturated carbocycles. The van der Waals surface area contributed by atoms with Crippen molar-refractivity contribution >= 4 is 28.2 Å². The average Bonchev–Trinajstić information content (AvgIpc) is 3.11. The third-order valence-electron chi connectivity index (χ3n) is 5.75. The first kappa shape index (κ1) is 19.2. The summed E-state index contributed by atoms with van der Waals surface area (Å²) in [6, 6.07) is 9.20. The van der Waals surface area contributed by atoms with E-state index in [4.69, 9.17) is 0 Å². The molecule has 0 spiro atoms. The van der Waals surface area contributed by atoms with E-state index in [0.29, 0.717) is 5.56 Å². The summed E-state index contributed by atoms with van der Waals surface area (Å²) in [4.78, 5) is 31.7. The van der Waals surface area contributed by atoms with Gasteiger partial charge < -0.3 is 15.1 Å². The number of anilines is 1. The van der Waals surface area contributed by atoms with Gasteiger partial charge in [-0.3, -0.25) is 9.59 Å². The van der Waals surface area contributed by atoms with Crippen LogP contribution in [0, 0.1) is 0 Å². The number of nitrogens with zero attached hydrogens (tertiary/aromatic N) is 2. The zero-order chi connectivity index (χ0) is 19.5. The van der Waals surface area contributed by atoms with Crippen molar-refractivity contribution in [2.75, 3.05) is 38.0 Å². The molecule has 1 aromatic heterocycles. The van der Waals surface area contributed by atoms with E-state index in [1.807, 2.05) is 23.1 Å². The van der Waals surface area contributed by atoms with Crippen molar-refractivity contribution in [3.8, 4) is 0 Å². The van der Waals surface area contributed by atoms with Gasteiger partial charge in [-0.1, -0.05) is 25.1 Å². The molecule has 6 heteroatoms. The van der Waals surface area contributed by atoms with E-state index in [9.17, 15) is 9.59 Å². The standard InChI is InChI=1S/C22H27N3O2S/c1-2-24-12-14-25(15-13-24)22(27)19-17-10-6-7-11-18(17)28-21(19)23-20(26)16-8-4-3-5-9-16/h3-5,8-9H,2,6-7,10-15H2,1H3,(H,23,26). The van der Waals surface area contributed by atoms with Crippen LogP contribution in [0.4, 0.5) is 5.00 Å². The number of rotatable bonds is 4. The van der Waals surface area contributed by atoms with Crippen molar-refractivity contribution in [2.24, 2.45) is 0 Å². The number of likely N-dealkylation sites (N-methyl/N-ethyl adjacent to an activating group) is 1. The van der Waals surface area contributed by atoms with Crippen LogP contribution in [-0.4, -0.2) is 54.3 Å². The van der Waals surface area contributed by atoms with Crippen LogP contribution in [0.2, 0.25) is 0 Å². The molecule has 1 saturated heterocycles. The molecule has 1 aromatic carbocycles. The summed E-state index contributed by atoms with van der Waals surface area (Å²) in [7, 11) is 0. The number of amides is 2. The Kier molecular flexibility index (Phi) is 5.78. The first-order valence-electron chi connectivity index (χ1n) is 10.2. The lowest BCUT2D eigenvalue weighted by molar-refractivity contribution is 0.0643. The smallest absolute Gasteiger partial charge is 0.257 e. The van der Waals surface area contributed by atoms with E-state index < -0.39 is 0 Å². The molecular formula is C22H27N3O2S. The number of nitrogens with one attached hydrogen (secondary N) is 1. The lowest BCUT2D eigenvalue weighted by atomic mass is 9.95. The highest BCUT2D eigenvalue weighted by Crippen LogP contribution is 2.39. The maximum atomic E-state index is 13.4. The molecule has 2 amide bonds. The van der Waals surface area contributed by atoms with Gasteiger partial charge in [0.1, 0.15) is 5.00 Å². The minimum atomic E-state index is -0.149. The Labute approximate surface area is 170 Å². The van der Waals surface area contributed by atoms with E-state index >= 15 is 0 Å². The van der Waals surface area contributed by atoms with Crippen molar-refractivity contribution in [3.05, 3.63) is 51.9 Å². The molecule has 0 bridgehead atoms. The second-order valence-electron chi connectivity index (χ2n) is 7.46. The molecule has 1 aliphatic heterocycles. The molecule has 2 aromatic rings. The van der Waals surface area contributed by atoms with Crippen molar-refractivity contribution in [3.63, 3.8) is 0 Å². The van der Waals surface area contributed by atoms with Crippen LogP contribution in [-0.2, 0) is 12.8 Å². The van der Waals surface area contributed by atoms with Gasteiger partial charge in [0.2, 0.25) is 0 Å². The summed E-state index contributed by atoms with van der Waals surface area (Å²) in [5.74, 6) is -0.0671. The number of piperazine rings is 1. The molecule has 0 atom stereocenters. The first-order chi connectivity index (χ1) is 13.7. The van der Waals surface area contributed by atoms with Gasteiger partial charge in [-0.05, 0) is 49.9 Å². The highest BCUT2D eigenvalue weighted by Gasteiger charge is 2.30. The fourth-order valence-electron chi connectivity index (χ4n) is 4.07. The fourth-order valence-corrected chi connectivity index (χ4v) is 5.35. The summed E-state index contributed by atoms with van der Waals surface area (Å²) in [6.07, 6.45) is 4.20. The zero-order valence-electron chi connectivity index (χ0n) is 16.4. The molecule has 28 heavy (non-hydrogen) atoms. The van der Waals surface area contributed by atoms with Crippen LogP contribution in [0.25, 0.3) is 0 Å². The number of carbonyl (C=O) groups is 2. The van der Waals surface area contributed by atoms with E-state index in [0.717, 1.165) is 69.0 Å². The highest BCUT2D eigenvalue weighted by molar-refractivity contribution is 7.17. The molecule has 1 aliphatic carbocycles. The Hall–Kier alpha value is -2.18. The molecular weight excluding hydrogens is 370 g/mol. The molecule has 0 unspecified atom stereocenters. The molecule has 2 heterocycles. The number of hydrogen-bond acceptors (Lipinski definition) is 4. The lowest BCUT2D eigenvalue weighted by Gasteiger charge is -2.34. The summed E-state index contributed by atoms with van der Waals surface area (Å²) < 4.78 is 0. The minimum Gasteiger partial charge on any atom is -0.336 e. The molecule has 148 valence electrons. The second kappa shape index (κ2) is 8.45.